The van der Waals surface area contributed by atoms with Gasteiger partial charge in [-0.15, -0.1) is 0 Å². The molecule has 2 rings (SSSR count). The number of hydrogen-bond donors (Lipinski definition) is 2. The van der Waals surface area contributed by atoms with Crippen LogP contribution in [0, 0.1) is 18.6 Å². The van der Waals surface area contributed by atoms with Crippen molar-refractivity contribution in [2.75, 3.05) is 19.8 Å². The Balaban J connectivity index is 1.90. The summed E-state index contributed by atoms with van der Waals surface area (Å²) >= 11 is 0. The third-order valence-electron chi connectivity index (χ3n) is 4.02. The van der Waals surface area contributed by atoms with Crippen molar-refractivity contribution >= 4 is 15.8 Å². The minimum Gasteiger partial charge on any atom is -0.356 e. The van der Waals surface area contributed by atoms with Gasteiger partial charge >= 0.3 is 0 Å². The fraction of sp³-hybridized carbons (Fsp3) is 0.316. The topological polar surface area (TPSA) is 70.6 Å². The van der Waals surface area contributed by atoms with Crippen LogP contribution in [0.4, 0.5) is 8.78 Å². The molecule has 2 aromatic carbocycles. The Bertz CT molecular complexity index is 944. The number of aryl methyl sites for hydroxylation is 1. The molecule has 0 aromatic heterocycles. The SMILES string of the molecule is CN=C(NCCc1cc(F)ccc1F)NCc1ccc(S(C)(=O)=O)c(C)c1. The Kier molecular flexibility index (Phi) is 6.90. The second-order valence-electron chi connectivity index (χ2n) is 6.21. The molecule has 0 atom stereocenters. The molecule has 0 aliphatic carbocycles. The van der Waals surface area contributed by atoms with E-state index >= 15 is 0 Å². The van der Waals surface area contributed by atoms with E-state index in [1.807, 2.05) is 0 Å². The molecule has 0 fully saturated rings. The van der Waals surface area contributed by atoms with Crippen LogP contribution < -0.4 is 10.6 Å². The van der Waals surface area contributed by atoms with Crippen LogP contribution in [0.5, 0.6) is 0 Å². The van der Waals surface area contributed by atoms with Crippen molar-refractivity contribution in [3.63, 3.8) is 0 Å². The number of halogens is 2. The summed E-state index contributed by atoms with van der Waals surface area (Å²) in [6.45, 7) is 2.57. The molecular formula is C19H23F2N3O2S. The highest BCUT2D eigenvalue weighted by molar-refractivity contribution is 7.90. The largest absolute Gasteiger partial charge is 0.356 e. The second-order valence-corrected chi connectivity index (χ2v) is 8.19. The van der Waals surface area contributed by atoms with Crippen LogP contribution in [0.1, 0.15) is 16.7 Å². The number of hydrogen-bond acceptors (Lipinski definition) is 3. The summed E-state index contributed by atoms with van der Waals surface area (Å²) in [7, 11) is -1.64. The zero-order valence-electron chi connectivity index (χ0n) is 15.5. The molecule has 0 amide bonds. The van der Waals surface area contributed by atoms with E-state index in [4.69, 9.17) is 0 Å². The van der Waals surface area contributed by atoms with Crippen molar-refractivity contribution in [2.45, 2.75) is 24.8 Å². The Morgan fingerprint density at radius 3 is 2.48 bits per heavy atom. The molecule has 0 saturated heterocycles. The summed E-state index contributed by atoms with van der Waals surface area (Å²) < 4.78 is 50.1. The quantitative estimate of drug-likeness (QED) is 0.583. The van der Waals surface area contributed by atoms with E-state index in [0.717, 1.165) is 17.7 Å². The second kappa shape index (κ2) is 8.94. The number of rotatable bonds is 6. The number of benzene rings is 2. The smallest absolute Gasteiger partial charge is 0.191 e. The lowest BCUT2D eigenvalue weighted by Gasteiger charge is -2.13. The van der Waals surface area contributed by atoms with Gasteiger partial charge in [-0.05, 0) is 54.3 Å². The van der Waals surface area contributed by atoms with Crippen LogP contribution in [-0.4, -0.2) is 34.2 Å². The molecule has 2 aromatic rings. The molecule has 146 valence electrons. The highest BCUT2D eigenvalue weighted by Crippen LogP contribution is 2.16. The number of nitrogens with zero attached hydrogens (tertiary/aromatic N) is 1. The van der Waals surface area contributed by atoms with Crippen LogP contribution in [0.2, 0.25) is 0 Å². The lowest BCUT2D eigenvalue weighted by atomic mass is 10.1. The molecule has 0 unspecified atom stereocenters. The molecule has 0 heterocycles. The summed E-state index contributed by atoms with van der Waals surface area (Å²) in [6.07, 6.45) is 1.49. The predicted octanol–water partition coefficient (Wildman–Crippen LogP) is 2.58. The first kappa shape index (κ1) is 20.8. The van der Waals surface area contributed by atoms with E-state index in [-0.39, 0.29) is 0 Å². The Morgan fingerprint density at radius 2 is 1.85 bits per heavy atom. The van der Waals surface area contributed by atoms with E-state index in [2.05, 4.69) is 15.6 Å². The van der Waals surface area contributed by atoms with Gasteiger partial charge in [0.1, 0.15) is 11.6 Å². The van der Waals surface area contributed by atoms with Crippen LogP contribution in [0.15, 0.2) is 46.3 Å². The first-order chi connectivity index (χ1) is 12.7. The third kappa shape index (κ3) is 6.02. The molecule has 27 heavy (non-hydrogen) atoms. The summed E-state index contributed by atoms with van der Waals surface area (Å²) in [6, 6.07) is 8.51. The third-order valence-corrected chi connectivity index (χ3v) is 5.27. The molecule has 5 nitrogen and oxygen atoms in total. The van der Waals surface area contributed by atoms with Crippen LogP contribution in [0.25, 0.3) is 0 Å². The predicted molar refractivity (Wildman–Crippen MR) is 103 cm³/mol. The summed E-state index contributed by atoms with van der Waals surface area (Å²) in [5, 5.41) is 6.14. The van der Waals surface area contributed by atoms with Gasteiger partial charge < -0.3 is 10.6 Å². The number of guanidine groups is 1. The fourth-order valence-corrected chi connectivity index (χ4v) is 3.65. The van der Waals surface area contributed by atoms with Crippen LogP contribution >= 0.6 is 0 Å². The number of sulfone groups is 1. The first-order valence-electron chi connectivity index (χ1n) is 8.38. The van der Waals surface area contributed by atoms with Gasteiger partial charge in [0, 0.05) is 26.4 Å². The van der Waals surface area contributed by atoms with Gasteiger partial charge in [-0.3, -0.25) is 4.99 Å². The van der Waals surface area contributed by atoms with Crippen molar-refractivity contribution in [2.24, 2.45) is 4.99 Å². The molecule has 0 aliphatic rings. The minimum absolute atomic E-state index is 0.296. The average molecular weight is 395 g/mol. The zero-order valence-corrected chi connectivity index (χ0v) is 16.3. The maximum Gasteiger partial charge on any atom is 0.191 e. The lowest BCUT2D eigenvalue weighted by Crippen LogP contribution is -2.38. The number of nitrogens with one attached hydrogen (secondary N) is 2. The standard InChI is InChI=1S/C19H23F2N3O2S/c1-13-10-14(4-7-18(13)27(3,25)26)12-24-19(22-2)23-9-8-15-11-16(20)5-6-17(15)21/h4-7,10-11H,8-9,12H2,1-3H3,(H2,22,23,24). The van der Waals surface area contributed by atoms with Gasteiger partial charge in [-0.1, -0.05) is 12.1 Å². The fourth-order valence-electron chi connectivity index (χ4n) is 2.69. The van der Waals surface area contributed by atoms with E-state index < -0.39 is 21.5 Å². The van der Waals surface area contributed by atoms with Gasteiger partial charge in [-0.2, -0.15) is 0 Å². The van der Waals surface area contributed by atoms with Crippen molar-refractivity contribution in [3.8, 4) is 0 Å². The van der Waals surface area contributed by atoms with Gasteiger partial charge in [0.25, 0.3) is 0 Å². The van der Waals surface area contributed by atoms with E-state index in [9.17, 15) is 17.2 Å². The van der Waals surface area contributed by atoms with Gasteiger partial charge in [0.05, 0.1) is 4.90 Å². The van der Waals surface area contributed by atoms with Crippen molar-refractivity contribution in [1.82, 2.24) is 10.6 Å². The van der Waals surface area contributed by atoms with Crippen molar-refractivity contribution in [3.05, 3.63) is 64.7 Å². The molecule has 0 spiro atoms. The summed E-state index contributed by atoms with van der Waals surface area (Å²) in [4.78, 5) is 4.40. The van der Waals surface area contributed by atoms with Crippen LogP contribution in [-0.2, 0) is 22.8 Å². The van der Waals surface area contributed by atoms with Gasteiger partial charge in [0.2, 0.25) is 0 Å². The van der Waals surface area contributed by atoms with Crippen molar-refractivity contribution in [1.29, 1.82) is 0 Å². The molecule has 0 bridgehead atoms. The maximum absolute atomic E-state index is 13.6. The average Bonchev–Trinajstić information content (AvgIpc) is 2.59. The minimum atomic E-state index is -3.24. The van der Waals surface area contributed by atoms with Crippen molar-refractivity contribution < 1.29 is 17.2 Å². The van der Waals surface area contributed by atoms with Crippen LogP contribution in [0.3, 0.4) is 0 Å². The number of aliphatic imine (C=N–C) groups is 1. The van der Waals surface area contributed by atoms with E-state index in [1.165, 1.54) is 12.3 Å². The highest BCUT2D eigenvalue weighted by Gasteiger charge is 2.11. The molecule has 8 heteroatoms. The summed E-state index contributed by atoms with van der Waals surface area (Å²) in [5.74, 6) is -0.402. The van der Waals surface area contributed by atoms with Gasteiger partial charge in [-0.25, -0.2) is 17.2 Å². The van der Waals surface area contributed by atoms with E-state index in [1.54, 1.807) is 32.2 Å². The molecular weight excluding hydrogens is 372 g/mol. The van der Waals surface area contributed by atoms with Gasteiger partial charge in [0.15, 0.2) is 15.8 Å². The molecule has 0 saturated carbocycles. The Labute approximate surface area is 158 Å². The molecule has 2 N–H and O–H groups in total. The normalized spacial score (nSPS) is 12.1. The highest BCUT2D eigenvalue weighted by atomic mass is 32.2. The monoisotopic (exact) mass is 395 g/mol. The maximum atomic E-state index is 13.6. The Hall–Kier alpha value is -2.48. The first-order valence-corrected chi connectivity index (χ1v) is 10.3. The van der Waals surface area contributed by atoms with E-state index in [0.29, 0.717) is 41.5 Å². The lowest BCUT2D eigenvalue weighted by molar-refractivity contribution is 0.583. The Morgan fingerprint density at radius 1 is 1.11 bits per heavy atom. The summed E-state index contributed by atoms with van der Waals surface area (Å²) in [5.41, 5.74) is 1.88. The molecule has 0 radical (unpaired) electrons. The molecule has 0 aliphatic heterocycles. The zero-order chi connectivity index (χ0) is 20.0.